The molecule has 2 heterocycles. The molecule has 0 atom stereocenters. The maximum absolute atomic E-state index is 12.1. The van der Waals surface area contributed by atoms with Crippen LogP contribution in [0.25, 0.3) is 5.69 Å². The molecule has 2 amide bonds. The van der Waals surface area contributed by atoms with Gasteiger partial charge in [-0.15, -0.1) is 11.3 Å². The summed E-state index contributed by atoms with van der Waals surface area (Å²) >= 11 is 4.58. The van der Waals surface area contributed by atoms with Crippen LogP contribution in [0, 0.1) is 6.92 Å². The van der Waals surface area contributed by atoms with Crippen molar-refractivity contribution in [3.05, 3.63) is 68.6 Å². The number of halogens is 1. The van der Waals surface area contributed by atoms with Crippen molar-refractivity contribution in [2.75, 3.05) is 0 Å². The highest BCUT2D eigenvalue weighted by Gasteiger charge is 2.11. The second-order valence-corrected chi connectivity index (χ2v) is 7.48. The molecule has 3 rings (SSSR count). The van der Waals surface area contributed by atoms with Crippen LogP contribution in [-0.2, 0) is 0 Å². The fraction of sp³-hybridized carbons (Fsp3) is 0.0625. The molecule has 2 N–H and O–H groups in total. The maximum atomic E-state index is 12.1. The van der Waals surface area contributed by atoms with Gasteiger partial charge in [-0.1, -0.05) is 0 Å². The van der Waals surface area contributed by atoms with Gasteiger partial charge in [0, 0.05) is 11.8 Å². The first-order chi connectivity index (χ1) is 11.5. The lowest BCUT2D eigenvalue weighted by Crippen LogP contribution is -2.41. The van der Waals surface area contributed by atoms with Crippen molar-refractivity contribution in [2.24, 2.45) is 0 Å². The van der Waals surface area contributed by atoms with Crippen LogP contribution in [0.3, 0.4) is 0 Å². The van der Waals surface area contributed by atoms with Crippen LogP contribution < -0.4 is 10.9 Å². The van der Waals surface area contributed by atoms with Crippen molar-refractivity contribution < 1.29 is 9.59 Å². The number of amides is 2. The van der Waals surface area contributed by atoms with Gasteiger partial charge in [-0.3, -0.25) is 20.4 Å². The fourth-order valence-electron chi connectivity index (χ4n) is 2.00. The van der Waals surface area contributed by atoms with Crippen molar-refractivity contribution in [1.29, 1.82) is 0 Å². The fourth-order valence-corrected chi connectivity index (χ4v) is 3.28. The first kappa shape index (κ1) is 16.4. The largest absolute Gasteiger partial charge is 0.279 e. The van der Waals surface area contributed by atoms with E-state index in [1.54, 1.807) is 47.3 Å². The van der Waals surface area contributed by atoms with Gasteiger partial charge in [-0.05, 0) is 64.8 Å². The Kier molecular flexibility index (Phi) is 4.77. The number of aryl methyl sites for hydroxylation is 1. The zero-order valence-electron chi connectivity index (χ0n) is 12.6. The minimum atomic E-state index is -0.387. The molecule has 0 aliphatic rings. The molecule has 6 nitrogen and oxygen atoms in total. The van der Waals surface area contributed by atoms with E-state index in [9.17, 15) is 9.59 Å². The molecule has 122 valence electrons. The summed E-state index contributed by atoms with van der Waals surface area (Å²) in [5.74, 6) is -0.746. The van der Waals surface area contributed by atoms with Crippen LogP contribution in [0.5, 0.6) is 0 Å². The van der Waals surface area contributed by atoms with Crippen LogP contribution in [-0.4, -0.2) is 21.6 Å². The number of hydrogen-bond donors (Lipinski definition) is 2. The quantitative estimate of drug-likeness (QED) is 0.658. The topological polar surface area (TPSA) is 76.0 Å². The Bertz CT molecular complexity index is 886. The highest BCUT2D eigenvalue weighted by molar-refractivity contribution is 9.11. The van der Waals surface area contributed by atoms with Crippen LogP contribution in [0.15, 0.2) is 52.6 Å². The molecular formula is C16H13BrN4O2S. The first-order valence-electron chi connectivity index (χ1n) is 7.00. The number of benzene rings is 1. The summed E-state index contributed by atoms with van der Waals surface area (Å²) in [7, 11) is 0. The average Bonchev–Trinajstić information content (AvgIpc) is 3.21. The molecule has 0 spiro atoms. The monoisotopic (exact) mass is 404 g/mol. The van der Waals surface area contributed by atoms with Gasteiger partial charge >= 0.3 is 0 Å². The van der Waals surface area contributed by atoms with Gasteiger partial charge in [-0.2, -0.15) is 5.10 Å². The Morgan fingerprint density at radius 3 is 2.38 bits per heavy atom. The molecule has 0 bridgehead atoms. The van der Waals surface area contributed by atoms with Crippen molar-refractivity contribution in [1.82, 2.24) is 20.6 Å². The van der Waals surface area contributed by atoms with E-state index in [1.165, 1.54) is 11.3 Å². The first-order valence-corrected chi connectivity index (χ1v) is 8.61. The molecular weight excluding hydrogens is 392 g/mol. The predicted octanol–water partition coefficient (Wildman–Crippen LogP) is 3.08. The minimum Gasteiger partial charge on any atom is -0.267 e. The number of hydrazine groups is 1. The molecule has 2 aromatic heterocycles. The van der Waals surface area contributed by atoms with Gasteiger partial charge in [-0.25, -0.2) is 4.68 Å². The predicted molar refractivity (Wildman–Crippen MR) is 95.3 cm³/mol. The second-order valence-electron chi connectivity index (χ2n) is 5.02. The van der Waals surface area contributed by atoms with E-state index in [1.807, 2.05) is 13.1 Å². The summed E-state index contributed by atoms with van der Waals surface area (Å²) in [6.45, 7) is 1.96. The summed E-state index contributed by atoms with van der Waals surface area (Å²) in [5, 5.41) is 4.21. The lowest BCUT2D eigenvalue weighted by atomic mass is 10.2. The second kappa shape index (κ2) is 6.98. The number of hydrogen-bond acceptors (Lipinski definition) is 4. The number of carbonyl (C=O) groups excluding carboxylic acids is 2. The summed E-state index contributed by atoms with van der Waals surface area (Å²) in [6.07, 6.45) is 3.66. The molecule has 3 aromatic rings. The van der Waals surface area contributed by atoms with Gasteiger partial charge in [0.25, 0.3) is 11.8 Å². The maximum Gasteiger partial charge on any atom is 0.279 e. The van der Waals surface area contributed by atoms with Crippen molar-refractivity contribution >= 4 is 39.1 Å². The molecule has 8 heteroatoms. The number of nitrogens with zero attached hydrogens (tertiary/aromatic N) is 2. The van der Waals surface area contributed by atoms with Crippen molar-refractivity contribution in [3.63, 3.8) is 0 Å². The van der Waals surface area contributed by atoms with Crippen molar-refractivity contribution in [3.8, 4) is 5.69 Å². The molecule has 24 heavy (non-hydrogen) atoms. The van der Waals surface area contributed by atoms with E-state index < -0.39 is 0 Å². The molecule has 1 aromatic carbocycles. The molecule has 0 radical (unpaired) electrons. The Hall–Kier alpha value is -2.45. The van der Waals surface area contributed by atoms with E-state index in [0.29, 0.717) is 10.4 Å². The smallest absolute Gasteiger partial charge is 0.267 e. The lowest BCUT2D eigenvalue weighted by Gasteiger charge is -2.07. The molecule has 0 saturated carbocycles. The third-order valence-corrected chi connectivity index (χ3v) is 4.81. The summed E-state index contributed by atoms with van der Waals surface area (Å²) < 4.78 is 2.58. The Labute approximate surface area is 150 Å². The molecule has 0 fully saturated rings. The van der Waals surface area contributed by atoms with Gasteiger partial charge in [0.1, 0.15) is 0 Å². The van der Waals surface area contributed by atoms with Gasteiger partial charge in [0.15, 0.2) is 0 Å². The van der Waals surface area contributed by atoms with E-state index >= 15 is 0 Å². The van der Waals surface area contributed by atoms with Crippen LogP contribution in [0.2, 0.25) is 0 Å². The Balaban J connectivity index is 1.62. The van der Waals surface area contributed by atoms with Gasteiger partial charge in [0.2, 0.25) is 0 Å². The van der Waals surface area contributed by atoms with E-state index in [0.717, 1.165) is 15.0 Å². The number of nitrogens with one attached hydrogen (secondary N) is 2. The number of carbonyl (C=O) groups is 2. The number of rotatable bonds is 3. The number of thiophene rings is 1. The third kappa shape index (κ3) is 3.72. The SMILES string of the molecule is Cc1cnn(-c2ccc(C(=O)NNC(=O)c3ccc(Br)s3)cc2)c1. The van der Waals surface area contributed by atoms with E-state index in [2.05, 4.69) is 31.9 Å². The summed E-state index contributed by atoms with van der Waals surface area (Å²) in [6, 6.07) is 10.4. The van der Waals surface area contributed by atoms with Crippen LogP contribution in [0.4, 0.5) is 0 Å². The van der Waals surface area contributed by atoms with E-state index in [-0.39, 0.29) is 11.8 Å². The Morgan fingerprint density at radius 2 is 1.79 bits per heavy atom. The van der Waals surface area contributed by atoms with Crippen LogP contribution >= 0.6 is 27.3 Å². The molecule has 0 unspecified atom stereocenters. The highest BCUT2D eigenvalue weighted by Crippen LogP contribution is 2.21. The lowest BCUT2D eigenvalue weighted by molar-refractivity contribution is 0.0849. The zero-order chi connectivity index (χ0) is 17.1. The third-order valence-electron chi connectivity index (χ3n) is 3.19. The van der Waals surface area contributed by atoms with E-state index in [4.69, 9.17) is 0 Å². The van der Waals surface area contributed by atoms with Crippen molar-refractivity contribution in [2.45, 2.75) is 6.92 Å². The standard InChI is InChI=1S/C16H13BrN4O2S/c1-10-8-18-21(9-10)12-4-2-11(3-5-12)15(22)19-20-16(23)13-6-7-14(17)24-13/h2-9H,1H3,(H,19,22)(H,20,23). The minimum absolute atomic E-state index is 0.359. The van der Waals surface area contributed by atoms with Gasteiger partial charge < -0.3 is 0 Å². The molecule has 0 aliphatic carbocycles. The average molecular weight is 405 g/mol. The zero-order valence-corrected chi connectivity index (χ0v) is 15.0. The molecule has 0 saturated heterocycles. The summed E-state index contributed by atoms with van der Waals surface area (Å²) in [4.78, 5) is 24.5. The van der Waals surface area contributed by atoms with Crippen LogP contribution in [0.1, 0.15) is 25.6 Å². The highest BCUT2D eigenvalue weighted by atomic mass is 79.9. The Morgan fingerprint density at radius 1 is 1.08 bits per heavy atom. The number of aromatic nitrogens is 2. The normalized spacial score (nSPS) is 10.4. The van der Waals surface area contributed by atoms with Gasteiger partial charge in [0.05, 0.1) is 20.5 Å². The summed E-state index contributed by atoms with van der Waals surface area (Å²) in [5.41, 5.74) is 7.14. The molecule has 0 aliphatic heterocycles.